The predicted molar refractivity (Wildman–Crippen MR) is 106 cm³/mol. The molecule has 3 heteroatoms. The molecule has 0 amide bonds. The predicted octanol–water partition coefficient (Wildman–Crippen LogP) is 4.70. The minimum Gasteiger partial charge on any atom is -0.313 e. The molecule has 0 saturated heterocycles. The molecule has 1 N–H and O–H groups in total. The number of hydrogen-bond acceptors (Lipinski definition) is 2. The fraction of sp³-hybridized carbons (Fsp3) is 0.348. The van der Waals surface area contributed by atoms with Crippen LogP contribution < -0.4 is 4.57 Å². The van der Waals surface area contributed by atoms with Crippen molar-refractivity contribution < 1.29 is 14.4 Å². The number of nitrogens with zero attached hydrogens (tertiary/aromatic N) is 1. The van der Waals surface area contributed by atoms with Crippen LogP contribution in [0.1, 0.15) is 37.0 Å². The van der Waals surface area contributed by atoms with Crippen molar-refractivity contribution in [2.45, 2.75) is 40.5 Å². The lowest BCUT2D eigenvalue weighted by atomic mass is 9.95. The highest BCUT2D eigenvalue weighted by Gasteiger charge is 2.25. The Hall–Kier alpha value is -2.23. The molecule has 0 aliphatic heterocycles. The molecule has 3 nitrogen and oxygen atoms in total. The summed E-state index contributed by atoms with van der Waals surface area (Å²) in [6.45, 7) is 8.66. The van der Waals surface area contributed by atoms with Crippen LogP contribution >= 0.6 is 0 Å². The molecule has 0 unspecified atom stereocenters. The molecule has 0 aliphatic rings. The van der Waals surface area contributed by atoms with Crippen LogP contribution in [0.2, 0.25) is 0 Å². The van der Waals surface area contributed by atoms with E-state index < -0.39 is 6.41 Å². The van der Waals surface area contributed by atoms with E-state index in [4.69, 9.17) is 4.74 Å². The highest BCUT2D eigenvalue weighted by Crippen LogP contribution is 2.30. The van der Waals surface area contributed by atoms with E-state index in [0.29, 0.717) is 5.92 Å². The number of benzene rings is 2. The van der Waals surface area contributed by atoms with Crippen LogP contribution in [0.25, 0.3) is 22.0 Å². The van der Waals surface area contributed by atoms with Crippen LogP contribution in [0.5, 0.6) is 0 Å². The Kier molecular flexibility index (Phi) is 5.40. The Morgan fingerprint density at radius 2 is 1.81 bits per heavy atom. The third-order valence-corrected chi connectivity index (χ3v) is 4.79. The molecule has 136 valence electrons. The van der Waals surface area contributed by atoms with Crippen LogP contribution in [-0.2, 0) is 11.2 Å². The molecule has 3 aromatic rings. The maximum atomic E-state index is 10.4. The Morgan fingerprint density at radius 1 is 1.04 bits per heavy atom. The summed E-state index contributed by atoms with van der Waals surface area (Å²) in [5, 5.41) is 12.7. The van der Waals surface area contributed by atoms with E-state index in [0.717, 1.165) is 28.5 Å². The van der Waals surface area contributed by atoms with Crippen LogP contribution in [0.4, 0.5) is 0 Å². The number of hydrogen-bond donors (Lipinski definition) is 1. The van der Waals surface area contributed by atoms with Gasteiger partial charge in [-0.15, -0.1) is 4.57 Å². The van der Waals surface area contributed by atoms with Crippen LogP contribution in [0, 0.1) is 19.8 Å². The molecular weight excluding hydrogens is 322 g/mol. The van der Waals surface area contributed by atoms with Crippen molar-refractivity contribution in [3.63, 3.8) is 0 Å². The number of aliphatic hydroxyl groups excluding tert-OH is 1. The van der Waals surface area contributed by atoms with Gasteiger partial charge in [-0.2, -0.15) is 0 Å². The molecule has 0 fully saturated rings. The lowest BCUT2D eigenvalue weighted by Gasteiger charge is -2.14. The maximum absolute atomic E-state index is 10.4. The summed E-state index contributed by atoms with van der Waals surface area (Å²) < 4.78 is 7.04. The van der Waals surface area contributed by atoms with E-state index in [1.165, 1.54) is 23.8 Å². The van der Waals surface area contributed by atoms with Gasteiger partial charge in [0.25, 0.3) is 0 Å². The Balaban J connectivity index is 2.35. The zero-order valence-corrected chi connectivity index (χ0v) is 16.3. The number of ether oxygens (including phenoxy) is 1. The molecule has 3 rings (SSSR count). The Morgan fingerprint density at radius 3 is 2.50 bits per heavy atom. The largest absolute Gasteiger partial charge is 0.378 e. The summed E-state index contributed by atoms with van der Waals surface area (Å²) in [4.78, 5) is 0. The quantitative estimate of drug-likeness (QED) is 0.534. The molecule has 0 saturated carbocycles. The summed E-state index contributed by atoms with van der Waals surface area (Å²) in [5.41, 5.74) is 5.79. The standard InChI is InChI=1S/C23H28NO2/c1-15(2)12-18-8-9-19-10-11-24(23(25)26-5)22(21(19)14-18)20-13-16(3)6-7-17(20)4/h6-11,13-15,23,25H,12H2,1-5H3/q+1/t23-/m0/s1. The van der Waals surface area contributed by atoms with Gasteiger partial charge >= 0.3 is 6.41 Å². The number of methoxy groups -OCH3 is 1. The van der Waals surface area contributed by atoms with Crippen molar-refractivity contribution in [2.75, 3.05) is 7.11 Å². The smallest absolute Gasteiger partial charge is 0.313 e. The first-order chi connectivity index (χ1) is 12.4. The topological polar surface area (TPSA) is 33.3 Å². The summed E-state index contributed by atoms with van der Waals surface area (Å²) in [6.07, 6.45) is 1.91. The Bertz CT molecular complexity index is 931. The molecule has 26 heavy (non-hydrogen) atoms. The number of fused-ring (bicyclic) bond motifs is 1. The van der Waals surface area contributed by atoms with Gasteiger partial charge in [-0.25, -0.2) is 0 Å². The maximum Gasteiger partial charge on any atom is 0.378 e. The third kappa shape index (κ3) is 3.64. The molecular formula is C23H28NO2+. The normalized spacial score (nSPS) is 12.7. The zero-order valence-electron chi connectivity index (χ0n) is 16.3. The van der Waals surface area contributed by atoms with Crippen molar-refractivity contribution >= 4 is 10.8 Å². The summed E-state index contributed by atoms with van der Waals surface area (Å²) in [6, 6.07) is 15.1. The highest BCUT2D eigenvalue weighted by atomic mass is 16.6. The lowest BCUT2D eigenvalue weighted by molar-refractivity contribution is -0.791. The molecule has 1 heterocycles. The second-order valence-corrected chi connectivity index (χ2v) is 7.47. The van der Waals surface area contributed by atoms with E-state index >= 15 is 0 Å². The van der Waals surface area contributed by atoms with E-state index in [-0.39, 0.29) is 0 Å². The molecule has 0 bridgehead atoms. The first-order valence-electron chi connectivity index (χ1n) is 9.16. The van der Waals surface area contributed by atoms with E-state index in [2.05, 4.69) is 64.1 Å². The molecule has 0 spiro atoms. The Labute approximate surface area is 155 Å². The summed E-state index contributed by atoms with van der Waals surface area (Å²) in [5.74, 6) is 0.594. The van der Waals surface area contributed by atoms with Gasteiger partial charge in [0.1, 0.15) is 0 Å². The highest BCUT2D eigenvalue weighted by molar-refractivity contribution is 5.94. The summed E-state index contributed by atoms with van der Waals surface area (Å²) >= 11 is 0. The molecule has 2 aromatic carbocycles. The number of aromatic nitrogens is 1. The molecule has 0 aliphatic carbocycles. The zero-order chi connectivity index (χ0) is 18.8. The molecule has 0 radical (unpaired) electrons. The van der Waals surface area contributed by atoms with Crippen molar-refractivity contribution in [2.24, 2.45) is 5.92 Å². The fourth-order valence-electron chi connectivity index (χ4n) is 3.50. The van der Waals surface area contributed by atoms with Gasteiger partial charge in [0.05, 0.1) is 10.9 Å². The van der Waals surface area contributed by atoms with Crippen LogP contribution in [-0.4, -0.2) is 12.2 Å². The second kappa shape index (κ2) is 7.56. The number of rotatable bonds is 5. The monoisotopic (exact) mass is 350 g/mol. The fourth-order valence-corrected chi connectivity index (χ4v) is 3.50. The van der Waals surface area contributed by atoms with Crippen molar-refractivity contribution in [3.05, 3.63) is 65.4 Å². The van der Waals surface area contributed by atoms with Gasteiger partial charge in [0.2, 0.25) is 5.69 Å². The number of aliphatic hydroxyl groups is 1. The average molecular weight is 350 g/mol. The minimum atomic E-state index is -1.02. The van der Waals surface area contributed by atoms with Gasteiger partial charge in [0.15, 0.2) is 6.20 Å². The third-order valence-electron chi connectivity index (χ3n) is 4.79. The van der Waals surface area contributed by atoms with Gasteiger partial charge in [0, 0.05) is 13.2 Å². The van der Waals surface area contributed by atoms with Crippen LogP contribution in [0.3, 0.4) is 0 Å². The number of aryl methyl sites for hydroxylation is 2. The SMILES string of the molecule is CO[C@H](O)[n+]1ccc2ccc(CC(C)C)cc2c1-c1cc(C)ccc1C. The van der Waals surface area contributed by atoms with Crippen molar-refractivity contribution in [1.29, 1.82) is 0 Å². The van der Waals surface area contributed by atoms with E-state index in [9.17, 15) is 5.11 Å². The van der Waals surface area contributed by atoms with Crippen LogP contribution in [0.15, 0.2) is 48.7 Å². The van der Waals surface area contributed by atoms with E-state index in [1.54, 1.807) is 0 Å². The minimum absolute atomic E-state index is 0.594. The van der Waals surface area contributed by atoms with Gasteiger partial charge in [-0.3, -0.25) is 0 Å². The molecule has 1 aromatic heterocycles. The first kappa shape index (κ1) is 18.6. The van der Waals surface area contributed by atoms with Gasteiger partial charge < -0.3 is 9.84 Å². The van der Waals surface area contributed by atoms with Crippen molar-refractivity contribution in [1.82, 2.24) is 0 Å². The summed E-state index contributed by atoms with van der Waals surface area (Å²) in [7, 11) is 1.52. The first-order valence-corrected chi connectivity index (χ1v) is 9.16. The molecule has 1 atom stereocenters. The number of pyridine rings is 1. The van der Waals surface area contributed by atoms with Crippen molar-refractivity contribution in [3.8, 4) is 11.3 Å². The average Bonchev–Trinajstić information content (AvgIpc) is 2.61. The van der Waals surface area contributed by atoms with E-state index in [1.807, 2.05) is 16.8 Å². The van der Waals surface area contributed by atoms with Gasteiger partial charge in [-0.05, 0) is 54.8 Å². The van der Waals surface area contributed by atoms with Gasteiger partial charge in [-0.1, -0.05) is 43.7 Å². The lowest BCUT2D eigenvalue weighted by Crippen LogP contribution is -2.42. The second-order valence-electron chi connectivity index (χ2n) is 7.47.